The fourth-order valence-electron chi connectivity index (χ4n) is 2.49. The molecule has 4 nitrogen and oxygen atoms in total. The molecule has 2 N–H and O–H groups in total. The first-order chi connectivity index (χ1) is 11.5. The third-order valence-corrected chi connectivity index (χ3v) is 3.79. The number of carboxylic acids is 2. The molecule has 0 heterocycles. The molecule has 0 radical (unpaired) electrons. The lowest BCUT2D eigenvalue weighted by molar-refractivity contribution is 0.0686. The molecule has 24 heavy (non-hydrogen) atoms. The van der Waals surface area contributed by atoms with Crippen molar-refractivity contribution < 1.29 is 19.8 Å². The van der Waals surface area contributed by atoms with E-state index in [2.05, 4.69) is 0 Å². The molecule has 4 heteroatoms. The van der Waals surface area contributed by atoms with Crippen LogP contribution < -0.4 is 0 Å². The second kappa shape index (κ2) is 6.38. The maximum absolute atomic E-state index is 10.9. The quantitative estimate of drug-likeness (QED) is 0.747. The van der Waals surface area contributed by atoms with E-state index < -0.39 is 11.9 Å². The molecule has 0 saturated heterocycles. The van der Waals surface area contributed by atoms with E-state index in [-0.39, 0.29) is 11.1 Å². The number of benzene rings is 3. The van der Waals surface area contributed by atoms with Crippen LogP contribution in [-0.4, -0.2) is 22.2 Å². The van der Waals surface area contributed by atoms with Gasteiger partial charge in [0.05, 0.1) is 11.1 Å². The van der Waals surface area contributed by atoms with Crippen LogP contribution in [0.2, 0.25) is 0 Å². The van der Waals surface area contributed by atoms with Crippen LogP contribution in [-0.2, 0) is 0 Å². The lowest BCUT2D eigenvalue weighted by Crippen LogP contribution is -1.95. The number of hydrogen-bond acceptors (Lipinski definition) is 2. The molecule has 0 amide bonds. The number of aromatic carboxylic acids is 2. The Balaban J connectivity index is 1.94. The van der Waals surface area contributed by atoms with Gasteiger partial charge in [-0.15, -0.1) is 0 Å². The van der Waals surface area contributed by atoms with Gasteiger partial charge in [0.1, 0.15) is 0 Å². The molecule has 0 aliphatic carbocycles. The van der Waals surface area contributed by atoms with Gasteiger partial charge in [0, 0.05) is 0 Å². The second-order valence-electron chi connectivity index (χ2n) is 5.35. The van der Waals surface area contributed by atoms with Gasteiger partial charge in [-0.2, -0.15) is 0 Å². The molecular weight excluding hydrogens is 304 g/mol. The van der Waals surface area contributed by atoms with Crippen molar-refractivity contribution in [2.45, 2.75) is 0 Å². The summed E-state index contributed by atoms with van der Waals surface area (Å²) in [7, 11) is 0. The van der Waals surface area contributed by atoms with Crippen molar-refractivity contribution >= 4 is 11.9 Å². The van der Waals surface area contributed by atoms with E-state index in [0.717, 1.165) is 22.3 Å². The minimum atomic E-state index is -0.950. The summed E-state index contributed by atoms with van der Waals surface area (Å²) in [4.78, 5) is 21.8. The normalized spacial score (nSPS) is 10.3. The largest absolute Gasteiger partial charge is 0.478 e. The van der Waals surface area contributed by atoms with Crippen LogP contribution in [0.4, 0.5) is 0 Å². The minimum absolute atomic E-state index is 0.249. The van der Waals surface area contributed by atoms with Crippen LogP contribution in [0.1, 0.15) is 20.7 Å². The Morgan fingerprint density at radius 3 is 1.25 bits per heavy atom. The SMILES string of the molecule is O=C(O)c1ccc(-c2cccc(-c3ccc(C(=O)O)cc3)c2)cc1. The predicted molar refractivity (Wildman–Crippen MR) is 91.2 cm³/mol. The van der Waals surface area contributed by atoms with E-state index in [1.807, 2.05) is 24.3 Å². The molecule has 118 valence electrons. The van der Waals surface area contributed by atoms with E-state index in [1.165, 1.54) is 0 Å². The van der Waals surface area contributed by atoms with Crippen LogP contribution >= 0.6 is 0 Å². The van der Waals surface area contributed by atoms with Gasteiger partial charge in [0.25, 0.3) is 0 Å². The highest BCUT2D eigenvalue weighted by Gasteiger charge is 2.06. The number of carboxylic acid groups (broad SMARTS) is 2. The summed E-state index contributed by atoms with van der Waals surface area (Å²) in [5, 5.41) is 17.9. The van der Waals surface area contributed by atoms with Gasteiger partial charge in [-0.25, -0.2) is 9.59 Å². The highest BCUT2D eigenvalue weighted by atomic mass is 16.4. The topological polar surface area (TPSA) is 74.6 Å². The van der Waals surface area contributed by atoms with Gasteiger partial charge in [-0.3, -0.25) is 0 Å². The van der Waals surface area contributed by atoms with E-state index in [9.17, 15) is 9.59 Å². The van der Waals surface area contributed by atoms with Crippen LogP contribution in [0.25, 0.3) is 22.3 Å². The van der Waals surface area contributed by atoms with Crippen molar-refractivity contribution in [1.29, 1.82) is 0 Å². The fourth-order valence-corrected chi connectivity index (χ4v) is 2.49. The molecule has 0 spiro atoms. The van der Waals surface area contributed by atoms with Crippen LogP contribution in [0, 0.1) is 0 Å². The van der Waals surface area contributed by atoms with Crippen molar-refractivity contribution in [1.82, 2.24) is 0 Å². The van der Waals surface area contributed by atoms with E-state index in [4.69, 9.17) is 10.2 Å². The zero-order valence-electron chi connectivity index (χ0n) is 12.6. The Labute approximate surface area is 138 Å². The second-order valence-corrected chi connectivity index (χ2v) is 5.35. The molecule has 0 aliphatic heterocycles. The molecule has 3 aromatic rings. The third kappa shape index (κ3) is 3.17. The molecular formula is C20H14O4. The first-order valence-electron chi connectivity index (χ1n) is 7.32. The predicted octanol–water partition coefficient (Wildman–Crippen LogP) is 4.42. The Hall–Kier alpha value is -3.40. The molecule has 0 atom stereocenters. The number of rotatable bonds is 4. The highest BCUT2D eigenvalue weighted by Crippen LogP contribution is 2.27. The van der Waals surface area contributed by atoms with Gasteiger partial charge in [0.15, 0.2) is 0 Å². The summed E-state index contributed by atoms with van der Waals surface area (Å²) in [6.07, 6.45) is 0. The molecule has 0 saturated carbocycles. The van der Waals surface area contributed by atoms with Crippen molar-refractivity contribution in [2.75, 3.05) is 0 Å². The molecule has 0 fully saturated rings. The average Bonchev–Trinajstić information content (AvgIpc) is 2.62. The molecule has 0 aliphatic rings. The smallest absolute Gasteiger partial charge is 0.335 e. The van der Waals surface area contributed by atoms with Crippen LogP contribution in [0.5, 0.6) is 0 Å². The van der Waals surface area contributed by atoms with Gasteiger partial charge in [-0.1, -0.05) is 42.5 Å². The number of carbonyl (C=O) groups is 2. The fraction of sp³-hybridized carbons (Fsp3) is 0. The van der Waals surface area contributed by atoms with E-state index in [1.54, 1.807) is 48.5 Å². The molecule has 0 bridgehead atoms. The van der Waals surface area contributed by atoms with Crippen molar-refractivity contribution in [2.24, 2.45) is 0 Å². The highest BCUT2D eigenvalue weighted by molar-refractivity contribution is 5.89. The molecule has 3 rings (SSSR count). The first kappa shape index (κ1) is 15.5. The number of hydrogen-bond donors (Lipinski definition) is 2. The van der Waals surface area contributed by atoms with Crippen LogP contribution in [0.3, 0.4) is 0 Å². The maximum atomic E-state index is 10.9. The van der Waals surface area contributed by atoms with Gasteiger partial charge in [-0.05, 0) is 52.6 Å². The summed E-state index contributed by atoms with van der Waals surface area (Å²) >= 11 is 0. The summed E-state index contributed by atoms with van der Waals surface area (Å²) < 4.78 is 0. The summed E-state index contributed by atoms with van der Waals surface area (Å²) in [5.74, 6) is -1.90. The van der Waals surface area contributed by atoms with E-state index >= 15 is 0 Å². The third-order valence-electron chi connectivity index (χ3n) is 3.79. The summed E-state index contributed by atoms with van der Waals surface area (Å²) in [5.41, 5.74) is 4.27. The van der Waals surface area contributed by atoms with Crippen molar-refractivity contribution in [3.8, 4) is 22.3 Å². The Kier molecular flexibility index (Phi) is 4.12. The standard InChI is InChI=1S/C20H14O4/c21-19(22)15-8-4-13(5-9-15)17-2-1-3-18(12-17)14-6-10-16(11-7-14)20(23)24/h1-12H,(H,21,22)(H,23,24). The molecule has 3 aromatic carbocycles. The summed E-state index contributed by atoms with van der Waals surface area (Å²) in [6, 6.07) is 21.2. The Bertz CT molecular complexity index is 821. The Morgan fingerprint density at radius 1 is 0.542 bits per heavy atom. The Morgan fingerprint density at radius 2 is 0.917 bits per heavy atom. The van der Waals surface area contributed by atoms with Gasteiger partial charge in [0.2, 0.25) is 0 Å². The monoisotopic (exact) mass is 318 g/mol. The van der Waals surface area contributed by atoms with Crippen molar-refractivity contribution in [3.05, 3.63) is 83.9 Å². The molecule has 0 aromatic heterocycles. The lowest BCUT2D eigenvalue weighted by Gasteiger charge is -2.07. The minimum Gasteiger partial charge on any atom is -0.478 e. The lowest BCUT2D eigenvalue weighted by atomic mass is 9.98. The van der Waals surface area contributed by atoms with Gasteiger partial charge < -0.3 is 10.2 Å². The summed E-state index contributed by atoms with van der Waals surface area (Å²) in [6.45, 7) is 0. The first-order valence-corrected chi connectivity index (χ1v) is 7.32. The maximum Gasteiger partial charge on any atom is 0.335 e. The van der Waals surface area contributed by atoms with Crippen LogP contribution in [0.15, 0.2) is 72.8 Å². The zero-order chi connectivity index (χ0) is 17.1. The van der Waals surface area contributed by atoms with E-state index in [0.29, 0.717) is 0 Å². The average molecular weight is 318 g/mol. The molecule has 0 unspecified atom stereocenters. The van der Waals surface area contributed by atoms with Gasteiger partial charge >= 0.3 is 11.9 Å². The van der Waals surface area contributed by atoms with Crippen molar-refractivity contribution in [3.63, 3.8) is 0 Å². The zero-order valence-corrected chi connectivity index (χ0v) is 12.6.